The molecule has 6 heteroatoms. The van der Waals surface area contributed by atoms with E-state index in [1.807, 2.05) is 6.92 Å². The molecule has 0 rings (SSSR count). The molecule has 0 bridgehead atoms. The fraction of sp³-hybridized carbons (Fsp3) is 0.818. The Morgan fingerprint density at radius 3 is 2.47 bits per heavy atom. The van der Waals surface area contributed by atoms with Crippen LogP contribution in [0.15, 0.2) is 12.7 Å². The first kappa shape index (κ1) is 19.9. The Morgan fingerprint density at radius 1 is 1.35 bits per heavy atom. The van der Waals surface area contributed by atoms with Gasteiger partial charge in [-0.05, 0) is 12.8 Å². The Morgan fingerprint density at radius 2 is 2.00 bits per heavy atom. The molecule has 0 aromatic carbocycles. The van der Waals surface area contributed by atoms with Crippen LogP contribution in [0, 0.1) is 0 Å². The average Bonchev–Trinajstić information content (AvgIpc) is 2.25. The summed E-state index contributed by atoms with van der Waals surface area (Å²) in [5.74, 6) is 0. The van der Waals surface area contributed by atoms with E-state index in [0.717, 1.165) is 25.7 Å². The summed E-state index contributed by atoms with van der Waals surface area (Å²) in [4.78, 5) is 0. The summed E-state index contributed by atoms with van der Waals surface area (Å²) in [6.07, 6.45) is 5.69. The van der Waals surface area contributed by atoms with Gasteiger partial charge in [0.15, 0.2) is 0 Å². The molecule has 0 radical (unpaired) electrons. The van der Waals surface area contributed by atoms with Crippen molar-refractivity contribution in [1.82, 2.24) is 0 Å². The molecule has 0 saturated heterocycles. The molecule has 1 atom stereocenters. The summed E-state index contributed by atoms with van der Waals surface area (Å²) in [6.45, 7) is 7.34. The molecular weight excluding hydrogens is 251 g/mol. The Bertz CT molecular complexity index is 283. The number of hydrogen-bond acceptors (Lipinski definition) is 4. The second-order valence-corrected chi connectivity index (χ2v) is 4.85. The van der Waals surface area contributed by atoms with E-state index < -0.39 is 10.4 Å². The summed E-state index contributed by atoms with van der Waals surface area (Å²) >= 11 is 0. The molecule has 4 nitrogen and oxygen atoms in total. The van der Waals surface area contributed by atoms with E-state index in [0.29, 0.717) is 6.42 Å². The number of rotatable bonds is 10. The summed E-state index contributed by atoms with van der Waals surface area (Å²) in [6, 6.07) is 0. The van der Waals surface area contributed by atoms with E-state index in [2.05, 4.69) is 17.7 Å². The minimum Gasteiger partial charge on any atom is -1.00 e. The maximum atomic E-state index is 11.3. The smallest absolute Gasteiger partial charge is 1.00 e. The largest absolute Gasteiger partial charge is 1.00 e. The molecule has 17 heavy (non-hydrogen) atoms. The fourth-order valence-electron chi connectivity index (χ4n) is 1.27. The van der Waals surface area contributed by atoms with Crippen LogP contribution < -0.4 is 29.6 Å². The van der Waals surface area contributed by atoms with Crippen LogP contribution in [0.4, 0.5) is 0 Å². The van der Waals surface area contributed by atoms with Gasteiger partial charge < -0.3 is 1.43 Å². The van der Waals surface area contributed by atoms with Crippen LogP contribution in [0.3, 0.4) is 0 Å². The zero-order valence-electron chi connectivity index (χ0n) is 12.1. The van der Waals surface area contributed by atoms with Gasteiger partial charge in [0.25, 0.3) is 0 Å². The van der Waals surface area contributed by atoms with Gasteiger partial charge in [-0.3, -0.25) is 0 Å². The first-order valence-corrected chi connectivity index (χ1v) is 7.07. The van der Waals surface area contributed by atoms with E-state index in [-0.39, 0.29) is 43.7 Å². The van der Waals surface area contributed by atoms with Gasteiger partial charge in [-0.15, -0.1) is 6.58 Å². The van der Waals surface area contributed by atoms with Crippen molar-refractivity contribution in [2.45, 2.75) is 52.1 Å². The Balaban J connectivity index is -0.00000112. The molecule has 0 aromatic rings. The third-order valence-electron chi connectivity index (χ3n) is 2.17. The van der Waals surface area contributed by atoms with Crippen LogP contribution in [-0.4, -0.2) is 21.1 Å². The van der Waals surface area contributed by atoms with Crippen LogP contribution in [0.25, 0.3) is 0 Å². The van der Waals surface area contributed by atoms with Crippen LogP contribution in [-0.2, 0) is 18.8 Å². The molecule has 98 valence electrons. The first-order chi connectivity index (χ1) is 7.55. The summed E-state index contributed by atoms with van der Waals surface area (Å²) < 4.78 is 32.1. The van der Waals surface area contributed by atoms with Crippen LogP contribution in [0.5, 0.6) is 0 Å². The first-order valence-electron chi connectivity index (χ1n) is 5.74. The van der Waals surface area contributed by atoms with Crippen molar-refractivity contribution >= 4 is 10.4 Å². The Kier molecular flexibility index (Phi) is 13.7. The molecule has 0 saturated carbocycles. The SMILES string of the molecule is C=CCOS(=O)(=O)OC(CC)CCCCC.[H-].[Na+]. The number of hydrogen-bond donors (Lipinski definition) is 0. The van der Waals surface area contributed by atoms with Crippen molar-refractivity contribution < 1.29 is 47.8 Å². The molecule has 0 aliphatic heterocycles. The van der Waals surface area contributed by atoms with E-state index in [9.17, 15) is 8.42 Å². The van der Waals surface area contributed by atoms with Crippen molar-refractivity contribution in [1.29, 1.82) is 0 Å². The van der Waals surface area contributed by atoms with Crippen LogP contribution in [0.2, 0.25) is 0 Å². The molecule has 0 aliphatic carbocycles. The summed E-state index contributed by atoms with van der Waals surface area (Å²) in [5.41, 5.74) is 0. The average molecular weight is 274 g/mol. The van der Waals surface area contributed by atoms with Gasteiger partial charge in [-0.25, -0.2) is 8.37 Å². The van der Waals surface area contributed by atoms with E-state index in [1.54, 1.807) is 0 Å². The quantitative estimate of drug-likeness (QED) is 0.318. The van der Waals surface area contributed by atoms with E-state index in [4.69, 9.17) is 4.18 Å². The molecule has 0 amide bonds. The van der Waals surface area contributed by atoms with E-state index in [1.165, 1.54) is 6.08 Å². The molecule has 0 aromatic heterocycles. The minimum absolute atomic E-state index is 0. The Labute approximate surface area is 129 Å². The van der Waals surface area contributed by atoms with Gasteiger partial charge in [0, 0.05) is 0 Å². The van der Waals surface area contributed by atoms with Crippen LogP contribution in [0.1, 0.15) is 47.4 Å². The van der Waals surface area contributed by atoms with Crippen molar-refractivity contribution in [3.63, 3.8) is 0 Å². The van der Waals surface area contributed by atoms with Crippen molar-refractivity contribution in [2.75, 3.05) is 6.61 Å². The molecule has 0 aliphatic rings. The van der Waals surface area contributed by atoms with Gasteiger partial charge in [0.1, 0.15) is 0 Å². The zero-order chi connectivity index (χ0) is 12.4. The van der Waals surface area contributed by atoms with Gasteiger partial charge >= 0.3 is 40.0 Å². The summed E-state index contributed by atoms with van der Waals surface area (Å²) in [7, 11) is -3.86. The Hall–Kier alpha value is 0.610. The topological polar surface area (TPSA) is 52.6 Å². The van der Waals surface area contributed by atoms with Gasteiger partial charge in [0.2, 0.25) is 0 Å². The molecule has 0 heterocycles. The van der Waals surface area contributed by atoms with Crippen LogP contribution >= 0.6 is 0 Å². The van der Waals surface area contributed by atoms with Gasteiger partial charge in [-0.2, -0.15) is 8.42 Å². The molecule has 0 N–H and O–H groups in total. The predicted molar refractivity (Wildman–Crippen MR) is 65.5 cm³/mol. The normalized spacial score (nSPS) is 12.8. The maximum Gasteiger partial charge on any atom is 1.00 e. The fourth-order valence-corrected chi connectivity index (χ4v) is 2.15. The second-order valence-electron chi connectivity index (χ2n) is 3.60. The third kappa shape index (κ3) is 11.4. The molecule has 0 fully saturated rings. The molecule has 0 spiro atoms. The molecular formula is C11H23NaO4S. The van der Waals surface area contributed by atoms with Crippen molar-refractivity contribution in [3.05, 3.63) is 12.7 Å². The molecule has 1 unspecified atom stereocenters. The monoisotopic (exact) mass is 274 g/mol. The standard InChI is InChI=1S/C11H22O4S.Na.H/c1-4-7-8-9-11(6-3)15-16(12,13)14-10-5-2;;/h5,11H,2,4,6-10H2,1,3H3;;/q;+1;-1. The maximum absolute atomic E-state index is 11.3. The van der Waals surface area contributed by atoms with Crippen molar-refractivity contribution in [3.8, 4) is 0 Å². The summed E-state index contributed by atoms with van der Waals surface area (Å²) in [5, 5.41) is 0. The van der Waals surface area contributed by atoms with Gasteiger partial charge in [-0.1, -0.05) is 39.2 Å². The predicted octanol–water partition coefficient (Wildman–Crippen LogP) is -0.0742. The van der Waals surface area contributed by atoms with Gasteiger partial charge in [0.05, 0.1) is 12.7 Å². The number of unbranched alkanes of at least 4 members (excludes halogenated alkanes) is 2. The van der Waals surface area contributed by atoms with E-state index >= 15 is 0 Å². The zero-order valence-corrected chi connectivity index (χ0v) is 14.0. The van der Waals surface area contributed by atoms with Crippen molar-refractivity contribution in [2.24, 2.45) is 0 Å². The third-order valence-corrected chi connectivity index (χ3v) is 3.10. The second kappa shape index (κ2) is 11.7. The minimum atomic E-state index is -3.86.